The van der Waals surface area contributed by atoms with Crippen molar-refractivity contribution in [3.63, 3.8) is 0 Å². The van der Waals surface area contributed by atoms with Crippen LogP contribution in [0.15, 0.2) is 0 Å². The fourth-order valence-electron chi connectivity index (χ4n) is 0.984. The maximum absolute atomic E-state index is 10.5. The topological polar surface area (TPSA) is 49.3 Å². The zero-order valence-electron chi connectivity index (χ0n) is 7.42. The summed E-state index contributed by atoms with van der Waals surface area (Å²) >= 11 is 0. The Kier molecular flexibility index (Phi) is 4.86. The van der Waals surface area contributed by atoms with Crippen molar-refractivity contribution in [1.29, 1.82) is 0 Å². The molecule has 3 nitrogen and oxygen atoms in total. The first-order valence-electron chi connectivity index (χ1n) is 3.95. The predicted octanol–water partition coefficient (Wildman–Crippen LogP) is 0.529. The Bertz CT molecular complexity index is 123. The van der Waals surface area contributed by atoms with Crippen LogP contribution in [0.5, 0.6) is 0 Å². The van der Waals surface area contributed by atoms with Crippen LogP contribution in [-0.4, -0.2) is 23.7 Å². The highest BCUT2D eigenvalue weighted by atomic mass is 16.3. The Labute approximate surface area is 67.8 Å². The minimum absolute atomic E-state index is 0.0116. The predicted molar refractivity (Wildman–Crippen MR) is 44.1 cm³/mol. The molecule has 0 aromatic carbocycles. The minimum Gasteiger partial charge on any atom is -0.393 e. The smallest absolute Gasteiger partial charge is 0.216 e. The molecule has 0 heterocycles. The molecule has 0 spiro atoms. The van der Waals surface area contributed by atoms with Gasteiger partial charge < -0.3 is 10.4 Å². The van der Waals surface area contributed by atoms with Gasteiger partial charge >= 0.3 is 0 Å². The van der Waals surface area contributed by atoms with Crippen molar-refractivity contribution in [3.8, 4) is 0 Å². The second-order valence-corrected chi connectivity index (χ2v) is 3.13. The Morgan fingerprint density at radius 1 is 1.55 bits per heavy atom. The molecule has 0 aromatic heterocycles. The minimum atomic E-state index is -0.279. The number of carbonyl (C=O) groups excluding carboxylic acids is 1. The fourth-order valence-corrected chi connectivity index (χ4v) is 0.984. The Morgan fingerprint density at radius 2 is 2.09 bits per heavy atom. The zero-order chi connectivity index (χ0) is 8.85. The van der Waals surface area contributed by atoms with E-state index in [0.717, 1.165) is 6.42 Å². The van der Waals surface area contributed by atoms with Crippen LogP contribution in [0.3, 0.4) is 0 Å². The Balaban J connectivity index is 3.37. The third-order valence-corrected chi connectivity index (χ3v) is 1.44. The molecule has 0 aliphatic rings. The quantitative estimate of drug-likeness (QED) is 0.628. The first kappa shape index (κ1) is 10.4. The second-order valence-electron chi connectivity index (χ2n) is 3.13. The summed E-state index contributed by atoms with van der Waals surface area (Å²) in [6.45, 7) is 5.91. The van der Waals surface area contributed by atoms with Gasteiger partial charge in [0.2, 0.25) is 5.91 Å². The summed E-state index contributed by atoms with van der Waals surface area (Å²) in [6, 6.07) is 0. The van der Waals surface area contributed by atoms with Gasteiger partial charge in [0.25, 0.3) is 0 Å². The van der Waals surface area contributed by atoms with Crippen molar-refractivity contribution in [2.75, 3.05) is 6.54 Å². The number of carbonyl (C=O) groups is 1. The van der Waals surface area contributed by atoms with Crippen LogP contribution in [0.4, 0.5) is 0 Å². The van der Waals surface area contributed by atoms with Crippen LogP contribution >= 0.6 is 0 Å². The number of amides is 1. The van der Waals surface area contributed by atoms with E-state index in [1.807, 2.05) is 6.92 Å². The highest BCUT2D eigenvalue weighted by Crippen LogP contribution is 2.03. The lowest BCUT2D eigenvalue weighted by Crippen LogP contribution is -2.27. The van der Waals surface area contributed by atoms with Gasteiger partial charge in [0.15, 0.2) is 0 Å². The van der Waals surface area contributed by atoms with Crippen LogP contribution in [0.2, 0.25) is 0 Å². The van der Waals surface area contributed by atoms with Crippen LogP contribution in [0.25, 0.3) is 0 Å². The summed E-state index contributed by atoms with van der Waals surface area (Å²) in [6.07, 6.45) is 0.457. The van der Waals surface area contributed by atoms with Crippen molar-refractivity contribution in [3.05, 3.63) is 0 Å². The van der Waals surface area contributed by atoms with Gasteiger partial charge in [0, 0.05) is 13.5 Å². The molecule has 2 atom stereocenters. The lowest BCUT2D eigenvalue weighted by Gasteiger charge is -2.12. The molecule has 2 unspecified atom stereocenters. The summed E-state index contributed by atoms with van der Waals surface area (Å²) in [5.41, 5.74) is 0. The van der Waals surface area contributed by atoms with Crippen molar-refractivity contribution >= 4 is 5.91 Å². The maximum Gasteiger partial charge on any atom is 0.216 e. The molecule has 11 heavy (non-hydrogen) atoms. The molecular weight excluding hydrogens is 142 g/mol. The van der Waals surface area contributed by atoms with E-state index >= 15 is 0 Å². The molecule has 0 saturated heterocycles. The van der Waals surface area contributed by atoms with Gasteiger partial charge in [-0.1, -0.05) is 6.92 Å². The first-order chi connectivity index (χ1) is 5.02. The van der Waals surface area contributed by atoms with E-state index in [-0.39, 0.29) is 12.0 Å². The lowest BCUT2D eigenvalue weighted by molar-refractivity contribution is -0.119. The molecule has 0 saturated carbocycles. The number of nitrogens with one attached hydrogen (secondary N) is 1. The SMILES string of the molecule is CC(=O)NCC(C)CC(C)O. The molecule has 0 radical (unpaired) electrons. The molecule has 3 heteroatoms. The third-order valence-electron chi connectivity index (χ3n) is 1.44. The van der Waals surface area contributed by atoms with Crippen molar-refractivity contribution in [1.82, 2.24) is 5.32 Å². The molecule has 66 valence electrons. The molecule has 0 aliphatic carbocycles. The van der Waals surface area contributed by atoms with Crippen molar-refractivity contribution < 1.29 is 9.90 Å². The molecular formula is C8H17NO2. The molecule has 0 bridgehead atoms. The molecule has 2 N–H and O–H groups in total. The summed E-state index contributed by atoms with van der Waals surface area (Å²) < 4.78 is 0. The number of hydrogen-bond donors (Lipinski definition) is 2. The largest absolute Gasteiger partial charge is 0.393 e. The van der Waals surface area contributed by atoms with E-state index in [9.17, 15) is 4.79 Å². The average molecular weight is 159 g/mol. The zero-order valence-corrected chi connectivity index (χ0v) is 7.42. The van der Waals surface area contributed by atoms with E-state index < -0.39 is 0 Å². The highest BCUT2D eigenvalue weighted by molar-refractivity contribution is 5.72. The van der Waals surface area contributed by atoms with E-state index in [2.05, 4.69) is 5.32 Å². The van der Waals surface area contributed by atoms with Gasteiger partial charge in [-0.05, 0) is 19.3 Å². The van der Waals surface area contributed by atoms with E-state index in [0.29, 0.717) is 12.5 Å². The van der Waals surface area contributed by atoms with Gasteiger partial charge in [0.1, 0.15) is 0 Å². The van der Waals surface area contributed by atoms with Gasteiger partial charge in [-0.3, -0.25) is 4.79 Å². The first-order valence-corrected chi connectivity index (χ1v) is 3.95. The number of hydrogen-bond acceptors (Lipinski definition) is 2. The monoisotopic (exact) mass is 159 g/mol. The fraction of sp³-hybridized carbons (Fsp3) is 0.875. The van der Waals surface area contributed by atoms with Crippen LogP contribution in [0, 0.1) is 5.92 Å². The average Bonchev–Trinajstić information content (AvgIpc) is 1.82. The van der Waals surface area contributed by atoms with Crippen LogP contribution in [0.1, 0.15) is 27.2 Å². The van der Waals surface area contributed by atoms with Crippen LogP contribution in [-0.2, 0) is 4.79 Å². The summed E-state index contributed by atoms with van der Waals surface area (Å²) in [7, 11) is 0. The normalized spacial score (nSPS) is 15.6. The second kappa shape index (κ2) is 5.13. The summed E-state index contributed by atoms with van der Waals surface area (Å²) in [4.78, 5) is 10.5. The summed E-state index contributed by atoms with van der Waals surface area (Å²) in [5.74, 6) is 0.335. The number of aliphatic hydroxyl groups is 1. The maximum atomic E-state index is 10.5. The molecule has 0 aliphatic heterocycles. The van der Waals surface area contributed by atoms with E-state index in [1.54, 1.807) is 6.92 Å². The Hall–Kier alpha value is -0.570. The Morgan fingerprint density at radius 3 is 2.45 bits per heavy atom. The van der Waals surface area contributed by atoms with Crippen LogP contribution < -0.4 is 5.32 Å². The van der Waals surface area contributed by atoms with E-state index in [1.165, 1.54) is 6.92 Å². The van der Waals surface area contributed by atoms with Gasteiger partial charge in [-0.25, -0.2) is 0 Å². The van der Waals surface area contributed by atoms with Gasteiger partial charge in [-0.2, -0.15) is 0 Å². The number of rotatable bonds is 4. The molecule has 1 amide bonds. The highest BCUT2D eigenvalue weighted by Gasteiger charge is 2.05. The number of aliphatic hydroxyl groups excluding tert-OH is 1. The third kappa shape index (κ3) is 7.33. The standard InChI is InChI=1S/C8H17NO2/c1-6(4-7(2)10)5-9-8(3)11/h6-7,10H,4-5H2,1-3H3,(H,9,11). The molecule has 0 aromatic rings. The molecule has 0 fully saturated rings. The summed E-state index contributed by atoms with van der Waals surface area (Å²) in [5, 5.41) is 11.7. The van der Waals surface area contributed by atoms with Gasteiger partial charge in [-0.15, -0.1) is 0 Å². The lowest BCUT2D eigenvalue weighted by atomic mass is 10.1. The van der Waals surface area contributed by atoms with Crippen molar-refractivity contribution in [2.45, 2.75) is 33.3 Å². The van der Waals surface area contributed by atoms with Gasteiger partial charge in [0.05, 0.1) is 6.10 Å². The van der Waals surface area contributed by atoms with Crippen molar-refractivity contribution in [2.24, 2.45) is 5.92 Å². The van der Waals surface area contributed by atoms with E-state index in [4.69, 9.17) is 5.11 Å². The molecule has 0 rings (SSSR count).